The minimum absolute atomic E-state index is 0.0100. The Morgan fingerprint density at radius 3 is 3.11 bits per heavy atom. The molecule has 5 nitrogen and oxygen atoms in total. The second-order valence-electron chi connectivity index (χ2n) is 4.48. The summed E-state index contributed by atoms with van der Waals surface area (Å²) in [6.45, 7) is 2.15. The van der Waals surface area contributed by atoms with Gasteiger partial charge in [-0.25, -0.2) is 4.39 Å². The van der Waals surface area contributed by atoms with Crippen LogP contribution in [-0.2, 0) is 11.3 Å². The van der Waals surface area contributed by atoms with Crippen LogP contribution >= 0.6 is 0 Å². The van der Waals surface area contributed by atoms with Crippen LogP contribution < -0.4 is 10.5 Å². The second-order valence-corrected chi connectivity index (χ2v) is 4.48. The number of rotatable bonds is 4. The van der Waals surface area contributed by atoms with Crippen molar-refractivity contribution >= 4 is 5.84 Å². The Morgan fingerprint density at radius 2 is 2.42 bits per heavy atom. The van der Waals surface area contributed by atoms with E-state index >= 15 is 0 Å². The molecule has 3 N–H and O–H groups in total. The van der Waals surface area contributed by atoms with Crippen molar-refractivity contribution in [2.24, 2.45) is 5.73 Å². The highest BCUT2D eigenvalue weighted by Crippen LogP contribution is 2.21. The van der Waals surface area contributed by atoms with Gasteiger partial charge in [-0.05, 0) is 6.07 Å². The van der Waals surface area contributed by atoms with E-state index in [1.807, 2.05) is 4.90 Å². The lowest BCUT2D eigenvalue weighted by Gasteiger charge is -2.32. The van der Waals surface area contributed by atoms with Gasteiger partial charge in [0.15, 0.2) is 11.6 Å². The molecule has 1 saturated heterocycles. The van der Waals surface area contributed by atoms with Gasteiger partial charge in [0.1, 0.15) is 11.9 Å². The summed E-state index contributed by atoms with van der Waals surface area (Å²) in [4.78, 5) is 2.02. The van der Waals surface area contributed by atoms with Crippen molar-refractivity contribution in [1.29, 1.82) is 5.41 Å². The normalized spacial score (nSPS) is 20.2. The van der Waals surface area contributed by atoms with E-state index in [1.165, 1.54) is 7.11 Å². The average Bonchev–Trinajstić information content (AvgIpc) is 2.41. The Bertz CT molecular complexity index is 467. The Morgan fingerprint density at radius 1 is 1.63 bits per heavy atom. The largest absolute Gasteiger partial charge is 0.494 e. The lowest BCUT2D eigenvalue weighted by atomic mass is 10.1. The van der Waals surface area contributed by atoms with Gasteiger partial charge in [-0.1, -0.05) is 12.1 Å². The standard InChI is InChI=1S/C13H18FN3O2/c1-18-10-4-2-3-9(12(10)14)7-17-5-6-19-11(8-17)13(15)16/h2-4,11H,5-8H2,1H3,(H3,15,16). The molecule has 1 aliphatic heterocycles. The maximum Gasteiger partial charge on any atom is 0.169 e. The number of nitrogens with one attached hydrogen (secondary N) is 1. The number of amidine groups is 1. The summed E-state index contributed by atoms with van der Waals surface area (Å²) in [6, 6.07) is 5.09. The number of nitrogens with zero attached hydrogens (tertiary/aromatic N) is 1. The first-order chi connectivity index (χ1) is 9.11. The van der Waals surface area contributed by atoms with Crippen molar-refractivity contribution in [1.82, 2.24) is 4.90 Å². The van der Waals surface area contributed by atoms with Gasteiger partial charge in [-0.3, -0.25) is 10.3 Å². The minimum Gasteiger partial charge on any atom is -0.494 e. The molecule has 0 saturated carbocycles. The van der Waals surface area contributed by atoms with Crippen LogP contribution in [0.5, 0.6) is 5.75 Å². The van der Waals surface area contributed by atoms with Gasteiger partial charge >= 0.3 is 0 Å². The number of benzene rings is 1. The number of hydrogen-bond acceptors (Lipinski definition) is 4. The van der Waals surface area contributed by atoms with Crippen LogP contribution in [-0.4, -0.2) is 43.6 Å². The van der Waals surface area contributed by atoms with E-state index in [0.29, 0.717) is 31.8 Å². The summed E-state index contributed by atoms with van der Waals surface area (Å²) >= 11 is 0. The third kappa shape index (κ3) is 3.21. The van der Waals surface area contributed by atoms with E-state index in [-0.39, 0.29) is 17.4 Å². The van der Waals surface area contributed by atoms with Gasteiger partial charge in [0, 0.05) is 25.2 Å². The molecule has 1 fully saturated rings. The highest BCUT2D eigenvalue weighted by molar-refractivity contribution is 5.82. The number of hydrogen-bond donors (Lipinski definition) is 2. The predicted octanol–water partition coefficient (Wildman–Crippen LogP) is 0.971. The van der Waals surface area contributed by atoms with E-state index < -0.39 is 6.10 Å². The zero-order chi connectivity index (χ0) is 13.8. The van der Waals surface area contributed by atoms with Gasteiger partial charge in [-0.2, -0.15) is 0 Å². The maximum absolute atomic E-state index is 14.0. The number of ether oxygens (including phenoxy) is 2. The second kappa shape index (κ2) is 5.99. The van der Waals surface area contributed by atoms with E-state index in [0.717, 1.165) is 0 Å². The zero-order valence-electron chi connectivity index (χ0n) is 10.9. The molecule has 1 unspecified atom stereocenters. The quantitative estimate of drug-likeness (QED) is 0.630. The van der Waals surface area contributed by atoms with Crippen LogP contribution in [0.15, 0.2) is 18.2 Å². The molecule has 2 rings (SSSR count). The lowest BCUT2D eigenvalue weighted by Crippen LogP contribution is -2.47. The van der Waals surface area contributed by atoms with Gasteiger partial charge in [0.05, 0.1) is 13.7 Å². The maximum atomic E-state index is 14.0. The highest BCUT2D eigenvalue weighted by Gasteiger charge is 2.23. The molecule has 0 amide bonds. The summed E-state index contributed by atoms with van der Waals surface area (Å²) in [5.41, 5.74) is 6.01. The molecular weight excluding hydrogens is 249 g/mol. The first-order valence-corrected chi connectivity index (χ1v) is 6.11. The van der Waals surface area contributed by atoms with Crippen LogP contribution in [0.25, 0.3) is 0 Å². The molecule has 1 heterocycles. The van der Waals surface area contributed by atoms with Crippen LogP contribution in [0.3, 0.4) is 0 Å². The van der Waals surface area contributed by atoms with E-state index in [1.54, 1.807) is 18.2 Å². The minimum atomic E-state index is -0.401. The third-order valence-electron chi connectivity index (χ3n) is 3.15. The summed E-state index contributed by atoms with van der Waals surface area (Å²) in [5.74, 6) is -0.0828. The van der Waals surface area contributed by atoms with Crippen LogP contribution in [0.2, 0.25) is 0 Å². The molecule has 0 spiro atoms. The Balaban J connectivity index is 2.06. The van der Waals surface area contributed by atoms with Crippen LogP contribution in [0.4, 0.5) is 4.39 Å². The van der Waals surface area contributed by atoms with Crippen molar-refractivity contribution < 1.29 is 13.9 Å². The molecule has 1 aromatic carbocycles. The van der Waals surface area contributed by atoms with Gasteiger partial charge in [0.25, 0.3) is 0 Å². The van der Waals surface area contributed by atoms with Gasteiger partial charge < -0.3 is 15.2 Å². The molecule has 6 heteroatoms. The number of morpholine rings is 1. The fourth-order valence-electron chi connectivity index (χ4n) is 2.11. The molecule has 1 aliphatic rings. The van der Waals surface area contributed by atoms with Crippen LogP contribution in [0, 0.1) is 11.2 Å². The van der Waals surface area contributed by atoms with Crippen molar-refractivity contribution in [2.75, 3.05) is 26.8 Å². The van der Waals surface area contributed by atoms with E-state index in [4.69, 9.17) is 20.6 Å². The van der Waals surface area contributed by atoms with Crippen molar-refractivity contribution in [2.45, 2.75) is 12.6 Å². The van der Waals surface area contributed by atoms with Crippen molar-refractivity contribution in [3.05, 3.63) is 29.6 Å². The lowest BCUT2D eigenvalue weighted by molar-refractivity contribution is 0.00196. The molecule has 1 atom stereocenters. The van der Waals surface area contributed by atoms with Crippen LogP contribution in [0.1, 0.15) is 5.56 Å². The fraction of sp³-hybridized carbons (Fsp3) is 0.462. The third-order valence-corrected chi connectivity index (χ3v) is 3.15. The van der Waals surface area contributed by atoms with Gasteiger partial charge in [0.2, 0.25) is 0 Å². The molecule has 0 aliphatic carbocycles. The van der Waals surface area contributed by atoms with E-state index in [2.05, 4.69) is 0 Å². The number of nitrogens with two attached hydrogens (primary N) is 1. The summed E-state index contributed by atoms with van der Waals surface area (Å²) in [5, 5.41) is 7.40. The monoisotopic (exact) mass is 267 g/mol. The van der Waals surface area contributed by atoms with Crippen molar-refractivity contribution in [3.63, 3.8) is 0 Å². The predicted molar refractivity (Wildman–Crippen MR) is 69.9 cm³/mol. The Kier molecular flexibility index (Phi) is 4.34. The molecule has 0 aromatic heterocycles. The first kappa shape index (κ1) is 13.8. The summed E-state index contributed by atoms with van der Waals surface area (Å²) < 4.78 is 24.4. The molecule has 19 heavy (non-hydrogen) atoms. The molecule has 104 valence electrons. The summed E-state index contributed by atoms with van der Waals surface area (Å²) in [6.07, 6.45) is -0.401. The number of halogens is 1. The average molecular weight is 267 g/mol. The topological polar surface area (TPSA) is 71.6 Å². The molecular formula is C13H18FN3O2. The molecule has 1 aromatic rings. The number of methoxy groups -OCH3 is 1. The Hall–Kier alpha value is -1.66. The Labute approximate surface area is 111 Å². The SMILES string of the molecule is COc1cccc(CN2CCOC(C(=N)N)C2)c1F. The van der Waals surface area contributed by atoms with E-state index in [9.17, 15) is 4.39 Å². The zero-order valence-corrected chi connectivity index (χ0v) is 10.9. The fourth-order valence-corrected chi connectivity index (χ4v) is 2.11. The molecule has 0 radical (unpaired) electrons. The highest BCUT2D eigenvalue weighted by atomic mass is 19.1. The van der Waals surface area contributed by atoms with Gasteiger partial charge in [-0.15, -0.1) is 0 Å². The molecule has 0 bridgehead atoms. The van der Waals surface area contributed by atoms with Crippen molar-refractivity contribution in [3.8, 4) is 5.75 Å². The summed E-state index contributed by atoms with van der Waals surface area (Å²) in [7, 11) is 1.45. The smallest absolute Gasteiger partial charge is 0.169 e. The first-order valence-electron chi connectivity index (χ1n) is 6.11.